The van der Waals surface area contributed by atoms with E-state index in [2.05, 4.69) is 21.2 Å². The first kappa shape index (κ1) is 12.4. The number of nitrogens with one attached hydrogen (secondary N) is 1. The van der Waals surface area contributed by atoms with Gasteiger partial charge in [-0.1, -0.05) is 0 Å². The maximum Gasteiger partial charge on any atom is 0.137 e. The molecule has 0 atom stereocenters. The number of anilines is 3. The Labute approximate surface area is 112 Å². The van der Waals surface area contributed by atoms with E-state index in [0.29, 0.717) is 27.1 Å². The van der Waals surface area contributed by atoms with Crippen LogP contribution in [0.2, 0.25) is 0 Å². The fourth-order valence-electron chi connectivity index (χ4n) is 1.46. The van der Waals surface area contributed by atoms with E-state index < -0.39 is 0 Å². The van der Waals surface area contributed by atoms with E-state index in [9.17, 15) is 4.39 Å². The van der Waals surface area contributed by atoms with Crippen molar-refractivity contribution in [3.8, 4) is 6.07 Å². The van der Waals surface area contributed by atoms with Gasteiger partial charge in [-0.25, -0.2) is 4.39 Å². The Bertz CT molecular complexity index is 635. The molecule has 0 aliphatic carbocycles. The topological polar surface area (TPSA) is 61.8 Å². The van der Waals surface area contributed by atoms with Crippen LogP contribution < -0.4 is 11.1 Å². The summed E-state index contributed by atoms with van der Waals surface area (Å²) < 4.78 is 13.5. The Balaban J connectivity index is 2.33. The monoisotopic (exact) mass is 305 g/mol. The van der Waals surface area contributed by atoms with Gasteiger partial charge in [0.25, 0.3) is 0 Å². The van der Waals surface area contributed by atoms with Gasteiger partial charge in [0, 0.05) is 5.69 Å². The molecule has 0 saturated carbocycles. The first-order valence-corrected chi connectivity index (χ1v) is 5.91. The Morgan fingerprint density at radius 2 is 2.00 bits per heavy atom. The van der Waals surface area contributed by atoms with E-state index in [0.717, 1.165) is 0 Å². The molecule has 0 aromatic heterocycles. The van der Waals surface area contributed by atoms with Crippen LogP contribution in [0.15, 0.2) is 40.9 Å². The predicted molar refractivity (Wildman–Crippen MR) is 73.0 cm³/mol. The van der Waals surface area contributed by atoms with Crippen molar-refractivity contribution in [1.82, 2.24) is 0 Å². The van der Waals surface area contributed by atoms with Gasteiger partial charge in [-0.15, -0.1) is 0 Å². The van der Waals surface area contributed by atoms with Crippen molar-refractivity contribution in [3.63, 3.8) is 0 Å². The molecule has 0 aliphatic heterocycles. The Hall–Kier alpha value is -2.06. The first-order chi connectivity index (χ1) is 8.60. The summed E-state index contributed by atoms with van der Waals surface area (Å²) in [7, 11) is 0. The lowest BCUT2D eigenvalue weighted by Gasteiger charge is -2.10. The van der Waals surface area contributed by atoms with Gasteiger partial charge in [0.1, 0.15) is 5.82 Å². The zero-order valence-corrected chi connectivity index (χ0v) is 10.8. The van der Waals surface area contributed by atoms with Gasteiger partial charge in [0.15, 0.2) is 0 Å². The van der Waals surface area contributed by atoms with Crippen molar-refractivity contribution in [1.29, 1.82) is 5.26 Å². The minimum atomic E-state index is -0.334. The van der Waals surface area contributed by atoms with Gasteiger partial charge in [-0.3, -0.25) is 0 Å². The summed E-state index contributed by atoms with van der Waals surface area (Å²) in [6, 6.07) is 11.5. The third-order valence-electron chi connectivity index (χ3n) is 2.38. The van der Waals surface area contributed by atoms with Crippen molar-refractivity contribution < 1.29 is 4.39 Å². The van der Waals surface area contributed by atoms with Crippen LogP contribution in [0, 0.1) is 17.1 Å². The maximum absolute atomic E-state index is 13.1. The van der Waals surface area contributed by atoms with Gasteiger partial charge >= 0.3 is 0 Å². The average Bonchev–Trinajstić information content (AvgIpc) is 2.36. The second kappa shape index (κ2) is 5.07. The van der Waals surface area contributed by atoms with Gasteiger partial charge < -0.3 is 11.1 Å². The highest BCUT2D eigenvalue weighted by Crippen LogP contribution is 2.27. The number of hydrogen-bond donors (Lipinski definition) is 2. The SMILES string of the molecule is N#Cc1ccc(N)c(Nc2ccc(F)c(Br)c2)c1. The zero-order valence-electron chi connectivity index (χ0n) is 9.24. The molecule has 90 valence electrons. The number of nitriles is 1. The second-order valence-corrected chi connectivity index (χ2v) is 4.52. The summed E-state index contributed by atoms with van der Waals surface area (Å²) in [6.45, 7) is 0. The molecular weight excluding hydrogens is 297 g/mol. The average molecular weight is 306 g/mol. The minimum Gasteiger partial charge on any atom is -0.397 e. The summed E-state index contributed by atoms with van der Waals surface area (Å²) in [5, 5.41) is 11.9. The second-order valence-electron chi connectivity index (χ2n) is 3.67. The van der Waals surface area contributed by atoms with E-state index >= 15 is 0 Å². The fourth-order valence-corrected chi connectivity index (χ4v) is 1.84. The van der Waals surface area contributed by atoms with E-state index in [-0.39, 0.29) is 5.82 Å². The number of hydrogen-bond acceptors (Lipinski definition) is 3. The molecule has 0 aliphatic rings. The van der Waals surface area contributed by atoms with Crippen LogP contribution >= 0.6 is 15.9 Å². The summed E-state index contributed by atoms with van der Waals surface area (Å²) in [6.07, 6.45) is 0. The molecule has 2 aromatic rings. The van der Waals surface area contributed by atoms with Crippen LogP contribution in [0.25, 0.3) is 0 Å². The molecule has 0 saturated heterocycles. The Morgan fingerprint density at radius 1 is 1.22 bits per heavy atom. The fraction of sp³-hybridized carbons (Fsp3) is 0. The van der Waals surface area contributed by atoms with E-state index in [4.69, 9.17) is 11.0 Å². The largest absolute Gasteiger partial charge is 0.397 e. The number of halogens is 2. The van der Waals surface area contributed by atoms with E-state index in [1.54, 1.807) is 30.3 Å². The normalized spacial score (nSPS) is 9.83. The van der Waals surface area contributed by atoms with Gasteiger partial charge in [-0.05, 0) is 52.3 Å². The number of nitrogen functional groups attached to an aromatic ring is 1. The quantitative estimate of drug-likeness (QED) is 0.830. The zero-order chi connectivity index (χ0) is 13.1. The predicted octanol–water partition coefficient (Wildman–Crippen LogP) is 3.79. The van der Waals surface area contributed by atoms with Crippen molar-refractivity contribution in [3.05, 3.63) is 52.3 Å². The molecule has 0 radical (unpaired) electrons. The molecule has 18 heavy (non-hydrogen) atoms. The molecular formula is C13H9BrFN3. The van der Waals surface area contributed by atoms with Gasteiger partial charge in [0.05, 0.1) is 27.5 Å². The molecule has 3 nitrogen and oxygen atoms in total. The minimum absolute atomic E-state index is 0.334. The highest BCUT2D eigenvalue weighted by atomic mass is 79.9. The Kier molecular flexibility index (Phi) is 3.49. The molecule has 3 N–H and O–H groups in total. The molecule has 2 aromatic carbocycles. The maximum atomic E-state index is 13.1. The van der Waals surface area contributed by atoms with Crippen molar-refractivity contribution in [2.75, 3.05) is 11.1 Å². The number of nitrogens with zero attached hydrogens (tertiary/aromatic N) is 1. The molecule has 0 unspecified atom stereocenters. The Morgan fingerprint density at radius 3 is 2.67 bits per heavy atom. The molecule has 0 fully saturated rings. The van der Waals surface area contributed by atoms with Crippen LogP contribution in [0.1, 0.15) is 5.56 Å². The van der Waals surface area contributed by atoms with Crippen LogP contribution in [-0.4, -0.2) is 0 Å². The van der Waals surface area contributed by atoms with Crippen molar-refractivity contribution in [2.24, 2.45) is 0 Å². The van der Waals surface area contributed by atoms with E-state index in [1.807, 2.05) is 6.07 Å². The van der Waals surface area contributed by atoms with Gasteiger partial charge in [-0.2, -0.15) is 5.26 Å². The number of rotatable bonds is 2. The summed E-state index contributed by atoms with van der Waals surface area (Å²) in [5.41, 5.74) is 8.14. The van der Waals surface area contributed by atoms with Crippen LogP contribution in [0.4, 0.5) is 21.5 Å². The van der Waals surface area contributed by atoms with Crippen LogP contribution in [0.5, 0.6) is 0 Å². The lowest BCUT2D eigenvalue weighted by molar-refractivity contribution is 0.621. The molecule has 0 heterocycles. The summed E-state index contributed by atoms with van der Waals surface area (Å²) in [5.74, 6) is -0.334. The lowest BCUT2D eigenvalue weighted by atomic mass is 10.2. The number of benzene rings is 2. The van der Waals surface area contributed by atoms with Crippen molar-refractivity contribution >= 4 is 33.0 Å². The molecule has 2 rings (SSSR count). The molecule has 0 bridgehead atoms. The highest BCUT2D eigenvalue weighted by molar-refractivity contribution is 9.10. The molecule has 5 heteroatoms. The summed E-state index contributed by atoms with van der Waals surface area (Å²) >= 11 is 3.11. The van der Waals surface area contributed by atoms with Gasteiger partial charge in [0.2, 0.25) is 0 Å². The van der Waals surface area contributed by atoms with Crippen molar-refractivity contribution in [2.45, 2.75) is 0 Å². The molecule has 0 spiro atoms. The van der Waals surface area contributed by atoms with Crippen LogP contribution in [-0.2, 0) is 0 Å². The number of nitrogens with two attached hydrogens (primary N) is 1. The standard InChI is InChI=1S/C13H9BrFN3/c14-10-6-9(2-3-11(10)15)18-13-5-8(7-16)1-4-12(13)17/h1-6,18H,17H2. The summed E-state index contributed by atoms with van der Waals surface area (Å²) in [4.78, 5) is 0. The van der Waals surface area contributed by atoms with Crippen LogP contribution in [0.3, 0.4) is 0 Å². The first-order valence-electron chi connectivity index (χ1n) is 5.12. The smallest absolute Gasteiger partial charge is 0.137 e. The lowest BCUT2D eigenvalue weighted by Crippen LogP contribution is -1.97. The third kappa shape index (κ3) is 2.60. The van der Waals surface area contributed by atoms with E-state index in [1.165, 1.54) is 6.07 Å². The third-order valence-corrected chi connectivity index (χ3v) is 2.99. The molecule has 0 amide bonds. The highest BCUT2D eigenvalue weighted by Gasteiger charge is 2.04.